The number of pyridine rings is 1. The van der Waals surface area contributed by atoms with Crippen LogP contribution in [0.4, 0.5) is 0 Å². The zero-order valence-corrected chi connectivity index (χ0v) is 16.2. The summed E-state index contributed by atoms with van der Waals surface area (Å²) < 4.78 is 7.67. The number of ether oxygens (including phenoxy) is 1. The van der Waals surface area contributed by atoms with E-state index in [-0.39, 0.29) is 0 Å². The lowest BCUT2D eigenvalue weighted by molar-refractivity contribution is -0.0681. The van der Waals surface area contributed by atoms with Crippen molar-refractivity contribution in [2.24, 2.45) is 7.05 Å². The van der Waals surface area contributed by atoms with E-state index in [2.05, 4.69) is 46.4 Å². The number of aromatic nitrogens is 3. The minimum Gasteiger partial charge on any atom is -0.373 e. The van der Waals surface area contributed by atoms with Crippen molar-refractivity contribution in [3.05, 3.63) is 36.3 Å². The maximum Gasteiger partial charge on any atom is 0.0983 e. The fourth-order valence-corrected chi connectivity index (χ4v) is 3.69. The molecule has 0 radical (unpaired) electrons. The Morgan fingerprint density at radius 3 is 2.77 bits per heavy atom. The van der Waals surface area contributed by atoms with Gasteiger partial charge in [-0.2, -0.15) is 5.10 Å². The van der Waals surface area contributed by atoms with Gasteiger partial charge in [-0.3, -0.25) is 14.6 Å². The highest BCUT2D eigenvalue weighted by Crippen LogP contribution is 2.20. The number of rotatable bonds is 8. The second-order valence-corrected chi connectivity index (χ2v) is 7.32. The van der Waals surface area contributed by atoms with Gasteiger partial charge in [-0.1, -0.05) is 0 Å². The average Bonchev–Trinajstić information content (AvgIpc) is 2.98. The molecule has 1 saturated heterocycles. The van der Waals surface area contributed by atoms with Crippen LogP contribution < -0.4 is 5.32 Å². The van der Waals surface area contributed by atoms with E-state index in [1.54, 1.807) is 6.20 Å². The summed E-state index contributed by atoms with van der Waals surface area (Å²) in [5, 5.41) is 8.15. The smallest absolute Gasteiger partial charge is 0.0983 e. The minimum absolute atomic E-state index is 0.355. The van der Waals surface area contributed by atoms with Gasteiger partial charge >= 0.3 is 0 Å². The summed E-state index contributed by atoms with van der Waals surface area (Å²) in [4.78, 5) is 6.73. The highest BCUT2D eigenvalue weighted by atomic mass is 16.5. The van der Waals surface area contributed by atoms with Crippen LogP contribution in [-0.2, 0) is 18.3 Å². The Morgan fingerprint density at radius 2 is 2.04 bits per heavy atom. The van der Waals surface area contributed by atoms with Crippen LogP contribution in [0.2, 0.25) is 0 Å². The molecule has 26 heavy (non-hydrogen) atoms. The van der Waals surface area contributed by atoms with Crippen molar-refractivity contribution >= 4 is 0 Å². The lowest BCUT2D eigenvalue weighted by Gasteiger charge is -2.35. The van der Waals surface area contributed by atoms with E-state index in [0.29, 0.717) is 12.2 Å². The molecule has 0 spiro atoms. The number of aryl methyl sites for hydroxylation is 1. The predicted molar refractivity (Wildman–Crippen MR) is 104 cm³/mol. The van der Waals surface area contributed by atoms with E-state index in [1.165, 1.54) is 18.4 Å². The van der Waals surface area contributed by atoms with Gasteiger partial charge in [0.15, 0.2) is 0 Å². The van der Waals surface area contributed by atoms with Crippen molar-refractivity contribution in [3.8, 4) is 11.3 Å². The van der Waals surface area contributed by atoms with Gasteiger partial charge in [0.2, 0.25) is 0 Å². The fraction of sp³-hybridized carbons (Fsp3) is 0.600. The highest BCUT2D eigenvalue weighted by Gasteiger charge is 2.21. The SMILES string of the molecule is C[C@H]1CN(CCCCNCc2cn(C)nc2-c2cccnc2)C[C@H](C)O1. The number of morpholine rings is 1. The number of hydrogen-bond donors (Lipinski definition) is 1. The standard InChI is InChI=1S/C20H31N5O/c1-16-13-25(14-17(2)26-16)10-5-4-8-21-12-19-15-24(3)23-20(19)18-7-6-9-22-11-18/h6-7,9,11,15-17,21H,4-5,8,10,12-14H2,1-3H3/t16-,17-/m0/s1. The van der Waals surface area contributed by atoms with Crippen LogP contribution in [0.5, 0.6) is 0 Å². The molecular weight excluding hydrogens is 326 g/mol. The van der Waals surface area contributed by atoms with E-state index in [9.17, 15) is 0 Å². The highest BCUT2D eigenvalue weighted by molar-refractivity contribution is 5.61. The second-order valence-electron chi connectivity index (χ2n) is 7.32. The van der Waals surface area contributed by atoms with E-state index < -0.39 is 0 Å². The third kappa shape index (κ3) is 5.37. The van der Waals surface area contributed by atoms with Gasteiger partial charge in [-0.25, -0.2) is 0 Å². The Labute approximate surface area is 156 Å². The third-order valence-electron chi connectivity index (χ3n) is 4.73. The molecule has 1 aliphatic heterocycles. The Kier molecular flexibility index (Phi) is 6.77. The molecule has 1 aliphatic rings. The summed E-state index contributed by atoms with van der Waals surface area (Å²) >= 11 is 0. The molecule has 1 N–H and O–H groups in total. The molecule has 2 aromatic heterocycles. The molecule has 0 aromatic carbocycles. The first kappa shape index (κ1) is 19.0. The number of nitrogens with one attached hydrogen (secondary N) is 1. The third-order valence-corrected chi connectivity index (χ3v) is 4.73. The van der Waals surface area contributed by atoms with Crippen LogP contribution in [0.1, 0.15) is 32.3 Å². The molecular formula is C20H31N5O. The predicted octanol–water partition coefficient (Wildman–Crippen LogP) is 2.46. The van der Waals surface area contributed by atoms with Gasteiger partial charge in [0.1, 0.15) is 0 Å². The fourth-order valence-electron chi connectivity index (χ4n) is 3.69. The van der Waals surface area contributed by atoms with Crippen molar-refractivity contribution in [2.45, 2.75) is 45.4 Å². The largest absolute Gasteiger partial charge is 0.373 e. The molecule has 0 amide bonds. The van der Waals surface area contributed by atoms with Crippen molar-refractivity contribution in [1.82, 2.24) is 25.0 Å². The molecule has 3 rings (SSSR count). The van der Waals surface area contributed by atoms with Gasteiger partial charge in [-0.15, -0.1) is 0 Å². The Balaban J connectivity index is 1.39. The first-order valence-electron chi connectivity index (χ1n) is 9.63. The molecule has 142 valence electrons. The van der Waals surface area contributed by atoms with Gasteiger partial charge in [-0.05, 0) is 51.9 Å². The minimum atomic E-state index is 0.355. The first-order chi connectivity index (χ1) is 12.6. The summed E-state index contributed by atoms with van der Waals surface area (Å²) in [6.45, 7) is 9.47. The molecule has 2 aromatic rings. The number of hydrogen-bond acceptors (Lipinski definition) is 5. The zero-order chi connectivity index (χ0) is 18.4. The summed E-state index contributed by atoms with van der Waals surface area (Å²) in [5.74, 6) is 0. The average molecular weight is 358 g/mol. The monoisotopic (exact) mass is 357 g/mol. The molecule has 1 fully saturated rings. The van der Waals surface area contributed by atoms with Gasteiger partial charge in [0.25, 0.3) is 0 Å². The molecule has 0 aliphatic carbocycles. The Bertz CT molecular complexity index is 662. The zero-order valence-electron chi connectivity index (χ0n) is 16.2. The van der Waals surface area contributed by atoms with E-state index in [1.807, 2.05) is 24.0 Å². The summed E-state index contributed by atoms with van der Waals surface area (Å²) in [7, 11) is 1.97. The summed E-state index contributed by atoms with van der Waals surface area (Å²) in [5.41, 5.74) is 3.31. The first-order valence-corrected chi connectivity index (χ1v) is 9.63. The molecule has 0 unspecified atom stereocenters. The normalized spacial score (nSPS) is 21.2. The van der Waals surface area contributed by atoms with E-state index >= 15 is 0 Å². The molecule has 3 heterocycles. The summed E-state index contributed by atoms with van der Waals surface area (Å²) in [6.07, 6.45) is 8.86. The van der Waals surface area contributed by atoms with Crippen LogP contribution in [0.15, 0.2) is 30.7 Å². The Morgan fingerprint density at radius 1 is 1.23 bits per heavy atom. The van der Waals surface area contributed by atoms with Crippen LogP contribution in [0, 0.1) is 0 Å². The lowest BCUT2D eigenvalue weighted by atomic mass is 10.1. The van der Waals surface area contributed by atoms with Crippen LogP contribution in [-0.4, -0.2) is 58.1 Å². The topological polar surface area (TPSA) is 55.2 Å². The van der Waals surface area contributed by atoms with Crippen molar-refractivity contribution in [1.29, 1.82) is 0 Å². The van der Waals surface area contributed by atoms with Gasteiger partial charge in [0, 0.05) is 56.4 Å². The molecule has 6 heteroatoms. The lowest BCUT2D eigenvalue weighted by Crippen LogP contribution is -2.45. The summed E-state index contributed by atoms with van der Waals surface area (Å²) in [6, 6.07) is 4.01. The number of nitrogens with zero attached hydrogens (tertiary/aromatic N) is 4. The molecule has 0 bridgehead atoms. The van der Waals surface area contributed by atoms with E-state index in [4.69, 9.17) is 4.74 Å². The van der Waals surface area contributed by atoms with E-state index in [0.717, 1.165) is 44.0 Å². The van der Waals surface area contributed by atoms with Crippen molar-refractivity contribution in [2.75, 3.05) is 26.2 Å². The van der Waals surface area contributed by atoms with Gasteiger partial charge in [0.05, 0.1) is 17.9 Å². The van der Waals surface area contributed by atoms with Crippen molar-refractivity contribution < 1.29 is 4.74 Å². The number of unbranched alkanes of at least 4 members (excludes halogenated alkanes) is 1. The van der Waals surface area contributed by atoms with Gasteiger partial charge < -0.3 is 10.1 Å². The van der Waals surface area contributed by atoms with Crippen LogP contribution in [0.25, 0.3) is 11.3 Å². The molecule has 0 saturated carbocycles. The second kappa shape index (κ2) is 9.26. The van der Waals surface area contributed by atoms with Crippen LogP contribution >= 0.6 is 0 Å². The Hall–Kier alpha value is -1.76. The maximum atomic E-state index is 5.79. The molecule has 2 atom stereocenters. The molecule has 6 nitrogen and oxygen atoms in total. The van der Waals surface area contributed by atoms with Crippen LogP contribution in [0.3, 0.4) is 0 Å². The maximum absolute atomic E-state index is 5.79. The van der Waals surface area contributed by atoms with Crippen molar-refractivity contribution in [3.63, 3.8) is 0 Å². The quantitative estimate of drug-likeness (QED) is 0.736.